The number of aliphatic hydroxyl groups is 1. The number of nitrogens with zero attached hydrogens (tertiary/aromatic N) is 1. The van der Waals surface area contributed by atoms with E-state index in [0.29, 0.717) is 16.9 Å². The van der Waals surface area contributed by atoms with Crippen LogP contribution in [0.3, 0.4) is 0 Å². The number of anilines is 1. The first-order valence-electron chi connectivity index (χ1n) is 5.80. The van der Waals surface area contributed by atoms with Gasteiger partial charge in [-0.25, -0.2) is 4.39 Å². The first-order valence-corrected chi connectivity index (χ1v) is 6.68. The molecule has 2 heterocycles. The van der Waals surface area contributed by atoms with Crippen LogP contribution < -0.4 is 5.32 Å². The van der Waals surface area contributed by atoms with E-state index in [2.05, 4.69) is 22.1 Å². The number of amides is 1. The average Bonchev–Trinajstić information content (AvgIpc) is 2.90. The van der Waals surface area contributed by atoms with Crippen LogP contribution >= 0.6 is 11.3 Å². The molecule has 1 amide bonds. The van der Waals surface area contributed by atoms with Crippen LogP contribution in [0.5, 0.6) is 0 Å². The van der Waals surface area contributed by atoms with Gasteiger partial charge in [-0.1, -0.05) is 11.8 Å². The second kappa shape index (κ2) is 6.80. The highest BCUT2D eigenvalue weighted by molar-refractivity contribution is 7.12. The van der Waals surface area contributed by atoms with Gasteiger partial charge in [-0.05, 0) is 17.5 Å². The van der Waals surface area contributed by atoms with Gasteiger partial charge in [0.2, 0.25) is 0 Å². The Balaban J connectivity index is 2.17. The summed E-state index contributed by atoms with van der Waals surface area (Å²) in [7, 11) is 0. The number of carbonyl (C=O) groups is 1. The maximum absolute atomic E-state index is 13.4. The molecule has 0 bridgehead atoms. The SMILES string of the molecule is O=C(Nc1ccncc1F)c1sccc1C#CCCO. The molecule has 102 valence electrons. The van der Waals surface area contributed by atoms with Crippen molar-refractivity contribution in [1.82, 2.24) is 4.98 Å². The smallest absolute Gasteiger partial charge is 0.267 e. The zero-order valence-electron chi connectivity index (χ0n) is 10.4. The van der Waals surface area contributed by atoms with Crippen molar-refractivity contribution in [2.75, 3.05) is 11.9 Å². The number of aliphatic hydroxyl groups excluding tert-OH is 1. The lowest BCUT2D eigenvalue weighted by atomic mass is 10.2. The number of halogens is 1. The van der Waals surface area contributed by atoms with Crippen molar-refractivity contribution < 1.29 is 14.3 Å². The Bertz CT molecular complexity index is 673. The number of hydrogen-bond acceptors (Lipinski definition) is 4. The molecule has 2 N–H and O–H groups in total. The van der Waals surface area contributed by atoms with Gasteiger partial charge in [-0.15, -0.1) is 11.3 Å². The number of carbonyl (C=O) groups excluding carboxylic acids is 1. The van der Waals surface area contributed by atoms with E-state index < -0.39 is 11.7 Å². The molecule has 0 fully saturated rings. The van der Waals surface area contributed by atoms with Gasteiger partial charge in [-0.2, -0.15) is 0 Å². The van der Waals surface area contributed by atoms with E-state index in [1.54, 1.807) is 11.4 Å². The van der Waals surface area contributed by atoms with E-state index in [1.165, 1.54) is 23.6 Å². The summed E-state index contributed by atoms with van der Waals surface area (Å²) in [6.45, 7) is -0.0269. The number of thiophene rings is 1. The lowest BCUT2D eigenvalue weighted by Gasteiger charge is -2.04. The Kier molecular flexibility index (Phi) is 4.82. The molecule has 2 aromatic rings. The fourth-order valence-electron chi connectivity index (χ4n) is 1.45. The van der Waals surface area contributed by atoms with E-state index >= 15 is 0 Å². The van der Waals surface area contributed by atoms with Crippen LogP contribution in [-0.2, 0) is 0 Å². The van der Waals surface area contributed by atoms with E-state index in [1.807, 2.05) is 0 Å². The van der Waals surface area contributed by atoms with E-state index in [0.717, 1.165) is 6.20 Å². The minimum absolute atomic E-state index is 0.0269. The Morgan fingerprint density at radius 1 is 1.50 bits per heavy atom. The molecule has 0 atom stereocenters. The second-order valence-electron chi connectivity index (χ2n) is 3.75. The van der Waals surface area contributed by atoms with Crippen molar-refractivity contribution in [3.8, 4) is 11.8 Å². The molecule has 0 aliphatic heterocycles. The molecule has 0 spiro atoms. The number of rotatable bonds is 3. The van der Waals surface area contributed by atoms with Gasteiger partial charge in [0.25, 0.3) is 5.91 Å². The van der Waals surface area contributed by atoms with Crippen molar-refractivity contribution in [1.29, 1.82) is 0 Å². The highest BCUT2D eigenvalue weighted by atomic mass is 32.1. The van der Waals surface area contributed by atoms with Gasteiger partial charge < -0.3 is 10.4 Å². The Labute approximate surface area is 119 Å². The van der Waals surface area contributed by atoms with Crippen molar-refractivity contribution in [3.05, 3.63) is 46.2 Å². The van der Waals surface area contributed by atoms with Crippen LogP contribution in [0.25, 0.3) is 0 Å². The van der Waals surface area contributed by atoms with Gasteiger partial charge in [0.05, 0.1) is 18.5 Å². The van der Waals surface area contributed by atoms with Crippen molar-refractivity contribution in [3.63, 3.8) is 0 Å². The van der Waals surface area contributed by atoms with Crippen LogP contribution in [0.4, 0.5) is 10.1 Å². The largest absolute Gasteiger partial charge is 0.395 e. The fraction of sp³-hybridized carbons (Fsp3) is 0.143. The third kappa shape index (κ3) is 3.41. The summed E-state index contributed by atoms with van der Waals surface area (Å²) in [4.78, 5) is 16.1. The zero-order valence-corrected chi connectivity index (χ0v) is 11.2. The third-order valence-corrected chi connectivity index (χ3v) is 3.27. The van der Waals surface area contributed by atoms with Crippen molar-refractivity contribution in [2.24, 2.45) is 0 Å². The quantitative estimate of drug-likeness (QED) is 0.852. The number of aromatic nitrogens is 1. The van der Waals surface area contributed by atoms with E-state index in [9.17, 15) is 9.18 Å². The minimum Gasteiger partial charge on any atom is -0.395 e. The molecule has 6 heteroatoms. The molecule has 2 rings (SSSR count). The summed E-state index contributed by atoms with van der Waals surface area (Å²) in [6.07, 6.45) is 2.77. The van der Waals surface area contributed by atoms with E-state index in [4.69, 9.17) is 5.11 Å². The molecule has 0 aromatic carbocycles. The van der Waals surface area contributed by atoms with Gasteiger partial charge >= 0.3 is 0 Å². The van der Waals surface area contributed by atoms with Crippen LogP contribution in [0, 0.1) is 17.7 Å². The molecule has 0 aliphatic rings. The highest BCUT2D eigenvalue weighted by Gasteiger charge is 2.13. The standard InChI is InChI=1S/C14H11FN2O2S/c15-11-9-16-6-4-12(11)17-14(19)13-10(5-8-20-13)3-1-2-7-18/h4-6,8-9,18H,2,7H2,(H,16,17,19). The predicted octanol–water partition coefficient (Wildman–Crippen LogP) is 2.27. The Morgan fingerprint density at radius 2 is 2.35 bits per heavy atom. The third-order valence-electron chi connectivity index (χ3n) is 2.35. The monoisotopic (exact) mass is 290 g/mol. The fourth-order valence-corrected chi connectivity index (χ4v) is 2.20. The summed E-state index contributed by atoms with van der Waals surface area (Å²) in [5.41, 5.74) is 0.642. The van der Waals surface area contributed by atoms with Crippen LogP contribution in [0.2, 0.25) is 0 Å². The lowest BCUT2D eigenvalue weighted by Crippen LogP contribution is -2.12. The van der Waals surface area contributed by atoms with Crippen LogP contribution in [0.1, 0.15) is 21.7 Å². The summed E-state index contributed by atoms with van der Waals surface area (Å²) < 4.78 is 13.4. The molecular formula is C14H11FN2O2S. The number of pyridine rings is 1. The van der Waals surface area contributed by atoms with Crippen LogP contribution in [0.15, 0.2) is 29.9 Å². The summed E-state index contributed by atoms with van der Waals surface area (Å²) in [5.74, 6) is 4.55. The van der Waals surface area contributed by atoms with E-state index in [-0.39, 0.29) is 12.3 Å². The van der Waals surface area contributed by atoms with Gasteiger partial charge in [0.1, 0.15) is 4.88 Å². The topological polar surface area (TPSA) is 62.2 Å². The predicted molar refractivity (Wildman–Crippen MR) is 75.0 cm³/mol. The molecular weight excluding hydrogens is 279 g/mol. The molecule has 20 heavy (non-hydrogen) atoms. The van der Waals surface area contributed by atoms with Gasteiger partial charge in [0, 0.05) is 18.2 Å². The first kappa shape index (κ1) is 14.2. The maximum Gasteiger partial charge on any atom is 0.267 e. The second-order valence-corrected chi connectivity index (χ2v) is 4.66. The van der Waals surface area contributed by atoms with Crippen molar-refractivity contribution >= 4 is 22.9 Å². The van der Waals surface area contributed by atoms with Crippen molar-refractivity contribution in [2.45, 2.75) is 6.42 Å². The summed E-state index contributed by atoms with van der Waals surface area (Å²) >= 11 is 1.23. The minimum atomic E-state index is -0.592. The molecule has 0 aliphatic carbocycles. The molecule has 4 nitrogen and oxygen atoms in total. The van der Waals surface area contributed by atoms with Gasteiger partial charge in [-0.3, -0.25) is 9.78 Å². The molecule has 0 unspecified atom stereocenters. The van der Waals surface area contributed by atoms with Gasteiger partial charge in [0.15, 0.2) is 5.82 Å². The molecule has 0 radical (unpaired) electrons. The summed E-state index contributed by atoms with van der Waals surface area (Å²) in [6, 6.07) is 3.10. The number of nitrogens with one attached hydrogen (secondary N) is 1. The zero-order chi connectivity index (χ0) is 14.4. The Hall–Kier alpha value is -2.23. The normalized spacial score (nSPS) is 9.70. The van der Waals surface area contributed by atoms with Crippen LogP contribution in [-0.4, -0.2) is 22.6 Å². The number of hydrogen-bond donors (Lipinski definition) is 2. The highest BCUT2D eigenvalue weighted by Crippen LogP contribution is 2.19. The molecule has 0 saturated heterocycles. The molecule has 0 saturated carbocycles. The lowest BCUT2D eigenvalue weighted by molar-refractivity contribution is 0.103. The first-order chi connectivity index (χ1) is 9.72. The summed E-state index contributed by atoms with van der Waals surface area (Å²) in [5, 5.41) is 12.9. The Morgan fingerprint density at radius 3 is 3.10 bits per heavy atom. The average molecular weight is 290 g/mol. The maximum atomic E-state index is 13.4. The molecule has 2 aromatic heterocycles.